The summed E-state index contributed by atoms with van der Waals surface area (Å²) in [5.41, 5.74) is 1.34. The molecule has 0 saturated heterocycles. The number of hydrogen-bond acceptors (Lipinski definition) is 4. The van der Waals surface area contributed by atoms with E-state index in [4.69, 9.17) is 4.74 Å². The van der Waals surface area contributed by atoms with Crippen LogP contribution in [-0.2, 0) is 22.7 Å². The Morgan fingerprint density at radius 2 is 1.88 bits per heavy atom. The van der Waals surface area contributed by atoms with Gasteiger partial charge < -0.3 is 10.1 Å². The highest BCUT2D eigenvalue weighted by Crippen LogP contribution is 2.61. The molecule has 1 heterocycles. The summed E-state index contributed by atoms with van der Waals surface area (Å²) in [7, 11) is 1.68. The second-order valence-electron chi connectivity index (χ2n) is 8.42. The molecule has 1 N–H and O–H groups in total. The van der Waals surface area contributed by atoms with Crippen molar-refractivity contribution in [3.63, 3.8) is 0 Å². The minimum Gasteiger partial charge on any atom is -0.378 e. The Morgan fingerprint density at radius 1 is 1.25 bits per heavy atom. The number of methoxy groups -OCH3 is 1. The zero-order valence-electron chi connectivity index (χ0n) is 14.8. The van der Waals surface area contributed by atoms with Crippen LogP contribution in [0.3, 0.4) is 0 Å². The van der Waals surface area contributed by atoms with E-state index in [-0.39, 0.29) is 5.91 Å². The number of aromatic nitrogens is 1. The van der Waals surface area contributed by atoms with Gasteiger partial charge in [0.2, 0.25) is 5.91 Å². The third-order valence-corrected chi connectivity index (χ3v) is 7.48. The molecule has 1 amide bonds. The molecule has 4 fully saturated rings. The summed E-state index contributed by atoms with van der Waals surface area (Å²) in [5.74, 6) is 2.95. The number of amides is 1. The number of hydrogen-bond donors (Lipinski definition) is 1. The third-order valence-electron chi connectivity index (χ3n) is 6.35. The van der Waals surface area contributed by atoms with Gasteiger partial charge in [-0.15, -0.1) is 11.3 Å². The van der Waals surface area contributed by atoms with E-state index in [9.17, 15) is 4.79 Å². The van der Waals surface area contributed by atoms with Gasteiger partial charge in [-0.2, -0.15) is 0 Å². The second kappa shape index (κ2) is 6.41. The second-order valence-corrected chi connectivity index (χ2v) is 9.59. The van der Waals surface area contributed by atoms with E-state index < -0.39 is 0 Å². The molecular formula is C19H28N2O2S. The van der Waals surface area contributed by atoms with Gasteiger partial charge in [-0.25, -0.2) is 4.98 Å². The van der Waals surface area contributed by atoms with Crippen LogP contribution >= 0.6 is 11.3 Å². The molecule has 1 aromatic heterocycles. The van der Waals surface area contributed by atoms with E-state index in [0.717, 1.165) is 39.8 Å². The molecule has 4 saturated carbocycles. The first kappa shape index (κ1) is 16.5. The van der Waals surface area contributed by atoms with E-state index in [1.54, 1.807) is 18.4 Å². The molecule has 0 atom stereocenters. The number of thiazole rings is 1. The van der Waals surface area contributed by atoms with Crippen LogP contribution in [0, 0.1) is 30.1 Å². The Morgan fingerprint density at radius 3 is 2.46 bits per heavy atom. The molecule has 5 rings (SSSR count). The first-order valence-electron chi connectivity index (χ1n) is 9.26. The van der Waals surface area contributed by atoms with Crippen LogP contribution in [-0.4, -0.2) is 18.0 Å². The lowest BCUT2D eigenvalue weighted by Crippen LogP contribution is -2.47. The Kier molecular flexibility index (Phi) is 4.42. The Balaban J connectivity index is 1.34. The van der Waals surface area contributed by atoms with Gasteiger partial charge in [-0.3, -0.25) is 4.79 Å². The summed E-state index contributed by atoms with van der Waals surface area (Å²) in [6.45, 7) is 3.17. The van der Waals surface area contributed by atoms with Gasteiger partial charge in [-0.05, 0) is 68.6 Å². The van der Waals surface area contributed by atoms with Gasteiger partial charge in [0, 0.05) is 18.4 Å². The monoisotopic (exact) mass is 348 g/mol. The molecular weight excluding hydrogens is 320 g/mol. The summed E-state index contributed by atoms with van der Waals surface area (Å²) in [4.78, 5) is 18.2. The Bertz CT molecular complexity index is 590. The standard InChI is InChI=1S/C19H28N2O2S/c1-12-16(24-18(21-12)11-23-2)10-20-17(22)9-19-6-13-3-14(7-19)5-15(4-13)8-19/h13-15H,3-11H2,1-2H3,(H,20,22). The number of nitrogens with one attached hydrogen (secondary N) is 1. The van der Waals surface area contributed by atoms with E-state index in [2.05, 4.69) is 10.3 Å². The van der Waals surface area contributed by atoms with Gasteiger partial charge in [0.15, 0.2) is 0 Å². The first-order valence-corrected chi connectivity index (χ1v) is 10.1. The molecule has 4 bridgehead atoms. The van der Waals surface area contributed by atoms with Crippen molar-refractivity contribution in [3.8, 4) is 0 Å². The van der Waals surface area contributed by atoms with Crippen molar-refractivity contribution in [2.75, 3.05) is 7.11 Å². The highest BCUT2D eigenvalue weighted by atomic mass is 32.1. The minimum absolute atomic E-state index is 0.234. The molecule has 0 spiro atoms. The number of aryl methyl sites for hydroxylation is 1. The maximum absolute atomic E-state index is 12.6. The highest BCUT2D eigenvalue weighted by molar-refractivity contribution is 7.11. The summed E-state index contributed by atoms with van der Waals surface area (Å²) >= 11 is 1.65. The summed E-state index contributed by atoms with van der Waals surface area (Å²) in [6, 6.07) is 0. The van der Waals surface area contributed by atoms with Crippen LogP contribution in [0.5, 0.6) is 0 Å². The highest BCUT2D eigenvalue weighted by Gasteiger charge is 2.51. The molecule has 5 heteroatoms. The van der Waals surface area contributed by atoms with E-state index in [1.807, 2.05) is 6.92 Å². The lowest BCUT2D eigenvalue weighted by molar-refractivity contribution is -0.129. The quantitative estimate of drug-likeness (QED) is 0.850. The fraction of sp³-hybridized carbons (Fsp3) is 0.789. The average Bonchev–Trinajstić information content (AvgIpc) is 2.83. The SMILES string of the molecule is COCc1nc(C)c(CNC(=O)CC23CC4CC(CC(C4)C2)C3)s1. The Labute approximate surface area is 148 Å². The largest absolute Gasteiger partial charge is 0.378 e. The molecule has 0 radical (unpaired) electrons. The molecule has 0 unspecified atom stereocenters. The van der Waals surface area contributed by atoms with Crippen molar-refractivity contribution in [1.82, 2.24) is 10.3 Å². The number of ether oxygens (including phenoxy) is 1. The maximum Gasteiger partial charge on any atom is 0.220 e. The van der Waals surface area contributed by atoms with Crippen LogP contribution in [0.2, 0.25) is 0 Å². The van der Waals surface area contributed by atoms with Crippen LogP contribution in [0.4, 0.5) is 0 Å². The smallest absolute Gasteiger partial charge is 0.220 e. The van der Waals surface area contributed by atoms with Crippen molar-refractivity contribution in [2.24, 2.45) is 23.2 Å². The fourth-order valence-electron chi connectivity index (χ4n) is 5.93. The minimum atomic E-state index is 0.234. The molecule has 0 aliphatic heterocycles. The van der Waals surface area contributed by atoms with Crippen molar-refractivity contribution < 1.29 is 9.53 Å². The fourth-order valence-corrected chi connectivity index (χ4v) is 6.91. The average molecular weight is 349 g/mol. The number of rotatable bonds is 6. The molecule has 24 heavy (non-hydrogen) atoms. The molecule has 4 aliphatic carbocycles. The van der Waals surface area contributed by atoms with Gasteiger partial charge in [0.25, 0.3) is 0 Å². The van der Waals surface area contributed by atoms with Crippen LogP contribution in [0.25, 0.3) is 0 Å². The summed E-state index contributed by atoms with van der Waals surface area (Å²) in [6.07, 6.45) is 8.92. The Hall–Kier alpha value is -0.940. The molecule has 1 aromatic rings. The van der Waals surface area contributed by atoms with Gasteiger partial charge in [-0.1, -0.05) is 0 Å². The van der Waals surface area contributed by atoms with Gasteiger partial charge in [0.05, 0.1) is 18.8 Å². The summed E-state index contributed by atoms with van der Waals surface area (Å²) < 4.78 is 5.14. The van der Waals surface area contributed by atoms with Crippen molar-refractivity contribution in [3.05, 3.63) is 15.6 Å². The van der Waals surface area contributed by atoms with E-state index in [0.29, 0.717) is 18.6 Å². The van der Waals surface area contributed by atoms with Crippen LogP contribution in [0.15, 0.2) is 0 Å². The number of nitrogens with zero attached hydrogens (tertiary/aromatic N) is 1. The topological polar surface area (TPSA) is 51.2 Å². The predicted molar refractivity (Wildman–Crippen MR) is 94.6 cm³/mol. The molecule has 4 nitrogen and oxygen atoms in total. The van der Waals surface area contributed by atoms with Crippen molar-refractivity contribution >= 4 is 17.2 Å². The van der Waals surface area contributed by atoms with Crippen LogP contribution in [0.1, 0.15) is 60.5 Å². The molecule has 4 aliphatic rings. The zero-order chi connectivity index (χ0) is 16.7. The zero-order valence-corrected chi connectivity index (χ0v) is 15.6. The molecule has 132 valence electrons. The third kappa shape index (κ3) is 3.25. The van der Waals surface area contributed by atoms with Crippen molar-refractivity contribution in [1.29, 1.82) is 0 Å². The first-order chi connectivity index (χ1) is 11.5. The van der Waals surface area contributed by atoms with Crippen molar-refractivity contribution in [2.45, 2.75) is 65.0 Å². The maximum atomic E-state index is 12.6. The number of carbonyl (C=O) groups is 1. The molecule has 0 aromatic carbocycles. The normalized spacial score (nSPS) is 33.8. The van der Waals surface area contributed by atoms with Gasteiger partial charge >= 0.3 is 0 Å². The number of carbonyl (C=O) groups excluding carboxylic acids is 1. The predicted octanol–water partition coefficient (Wildman–Crippen LogP) is 3.82. The lowest BCUT2D eigenvalue weighted by Gasteiger charge is -2.56. The lowest BCUT2D eigenvalue weighted by atomic mass is 9.49. The van der Waals surface area contributed by atoms with Gasteiger partial charge in [0.1, 0.15) is 5.01 Å². The van der Waals surface area contributed by atoms with Crippen LogP contribution < -0.4 is 5.32 Å². The van der Waals surface area contributed by atoms with E-state index in [1.165, 1.54) is 38.5 Å². The van der Waals surface area contributed by atoms with E-state index >= 15 is 0 Å². The summed E-state index contributed by atoms with van der Waals surface area (Å²) in [5, 5.41) is 4.15.